The van der Waals surface area contributed by atoms with Gasteiger partial charge in [0.25, 0.3) is 0 Å². The molecular formula is C25H26Cl2Si2Zr. The molecule has 1 unspecified atom stereocenters. The second-order valence-corrected chi connectivity index (χ2v) is 42.9. The van der Waals surface area contributed by atoms with Crippen molar-refractivity contribution in [1.82, 2.24) is 0 Å². The molecule has 5 heteroatoms. The minimum Gasteiger partial charge on any atom is -1.00 e. The van der Waals surface area contributed by atoms with E-state index in [0.717, 1.165) is 3.63 Å². The van der Waals surface area contributed by atoms with E-state index in [9.17, 15) is 0 Å². The van der Waals surface area contributed by atoms with Gasteiger partial charge in [0.1, 0.15) is 0 Å². The van der Waals surface area contributed by atoms with Gasteiger partial charge in [-0.3, -0.25) is 0 Å². The fraction of sp³-hybridized carbons (Fsp3) is 0.280. The van der Waals surface area contributed by atoms with Crippen LogP contribution in [-0.4, -0.2) is 10.9 Å². The number of benzene rings is 2. The number of fused-ring (bicyclic) bond motifs is 1. The average Bonchev–Trinajstić information content (AvgIpc) is 3.50. The van der Waals surface area contributed by atoms with Gasteiger partial charge in [0.05, 0.1) is 0 Å². The van der Waals surface area contributed by atoms with Crippen molar-refractivity contribution >= 4 is 16.9 Å². The fourth-order valence-electron chi connectivity index (χ4n) is 6.68. The monoisotopic (exact) mass is 542 g/mol. The first-order chi connectivity index (χ1) is 13.8. The van der Waals surface area contributed by atoms with Gasteiger partial charge in [0, 0.05) is 0 Å². The largest absolute Gasteiger partial charge is 1.00 e. The van der Waals surface area contributed by atoms with Crippen LogP contribution in [0.4, 0.5) is 0 Å². The molecule has 2 aromatic carbocycles. The molecule has 4 aliphatic rings. The molecular weight excluding hydrogens is 519 g/mol. The summed E-state index contributed by atoms with van der Waals surface area (Å²) >= 11 is -2.36. The van der Waals surface area contributed by atoms with Crippen LogP contribution in [0.2, 0.25) is 24.2 Å². The number of hydrogen-bond acceptors (Lipinski definition) is 0. The molecule has 152 valence electrons. The van der Waals surface area contributed by atoms with Crippen LogP contribution in [0.1, 0.15) is 28.1 Å². The predicted molar refractivity (Wildman–Crippen MR) is 121 cm³/mol. The Morgan fingerprint density at radius 2 is 1.57 bits per heavy atom. The van der Waals surface area contributed by atoms with Crippen LogP contribution in [0, 0.1) is 0 Å². The van der Waals surface area contributed by atoms with Gasteiger partial charge in [-0.2, -0.15) is 0 Å². The van der Waals surface area contributed by atoms with Crippen molar-refractivity contribution < 1.29 is 42.3 Å². The minimum atomic E-state index is -2.36. The Hall–Kier alpha value is -0.443. The van der Waals surface area contributed by atoms with Gasteiger partial charge in [-0.15, -0.1) is 0 Å². The van der Waals surface area contributed by atoms with Crippen LogP contribution >= 0.6 is 0 Å². The summed E-state index contributed by atoms with van der Waals surface area (Å²) < 4.78 is 2.90. The zero-order valence-corrected chi connectivity index (χ0v) is 23.3. The number of hydrogen-bond donors (Lipinski definition) is 0. The molecule has 0 aromatic heterocycles. The Kier molecular flexibility index (Phi) is 6.69. The molecule has 30 heavy (non-hydrogen) atoms. The summed E-state index contributed by atoms with van der Waals surface area (Å²) in [4.78, 5) is 0. The van der Waals surface area contributed by atoms with E-state index in [4.69, 9.17) is 0 Å². The van der Waals surface area contributed by atoms with Crippen LogP contribution in [0.15, 0.2) is 75.6 Å². The van der Waals surface area contributed by atoms with Gasteiger partial charge < -0.3 is 24.8 Å². The van der Waals surface area contributed by atoms with E-state index < -0.39 is 17.5 Å². The number of rotatable bonds is 3. The summed E-state index contributed by atoms with van der Waals surface area (Å²) in [6, 6.07) is 25.0. The Balaban J connectivity index is 0.00000109. The first-order valence-electron chi connectivity index (χ1n) is 10.7. The van der Waals surface area contributed by atoms with Crippen molar-refractivity contribution in [2.75, 3.05) is 0 Å². The zero-order chi connectivity index (χ0) is 18.7. The topological polar surface area (TPSA) is 0 Å². The van der Waals surface area contributed by atoms with Gasteiger partial charge in [-0.05, 0) is 0 Å². The fourth-order valence-corrected chi connectivity index (χ4v) is 85.9. The van der Waals surface area contributed by atoms with Crippen molar-refractivity contribution in [2.24, 2.45) is 0 Å². The quantitative estimate of drug-likeness (QED) is 0.503. The van der Waals surface area contributed by atoms with E-state index >= 15 is 0 Å². The van der Waals surface area contributed by atoms with Crippen LogP contribution < -0.4 is 24.8 Å². The van der Waals surface area contributed by atoms with Crippen molar-refractivity contribution in [1.29, 1.82) is 0 Å². The molecule has 0 fully saturated rings. The van der Waals surface area contributed by atoms with Gasteiger partial charge in [0.15, 0.2) is 0 Å². The SMILES string of the molecule is CC1=Cc2c(-c3ccccc3)cccc2[CH]1[Zr+2]1([C]2=CC=CC2)=[Si]2CC[Si]=1CC2.[Cl-].[Cl-]. The molecule has 0 radical (unpaired) electrons. The molecule has 0 amide bonds. The van der Waals surface area contributed by atoms with E-state index in [1.54, 1.807) is 40.9 Å². The van der Waals surface area contributed by atoms with Crippen LogP contribution in [0.5, 0.6) is 0 Å². The molecule has 2 aromatic rings. The molecule has 2 aliphatic carbocycles. The van der Waals surface area contributed by atoms with Crippen molar-refractivity contribution in [2.45, 2.75) is 41.1 Å². The van der Waals surface area contributed by atoms with Crippen molar-refractivity contribution in [3.8, 4) is 11.1 Å². The van der Waals surface area contributed by atoms with Gasteiger partial charge >= 0.3 is 173 Å². The third-order valence-corrected chi connectivity index (χ3v) is 65.3. The summed E-state index contributed by atoms with van der Waals surface area (Å²) in [6.45, 7) is 2.49. The van der Waals surface area contributed by atoms with E-state index in [-0.39, 0.29) is 35.7 Å². The van der Waals surface area contributed by atoms with Gasteiger partial charge in [-0.1, -0.05) is 0 Å². The molecule has 0 saturated carbocycles. The van der Waals surface area contributed by atoms with Crippen LogP contribution in [0.25, 0.3) is 17.2 Å². The second-order valence-electron chi connectivity index (χ2n) is 8.84. The molecule has 2 aliphatic heterocycles. The Morgan fingerprint density at radius 1 is 0.867 bits per heavy atom. The third kappa shape index (κ3) is 3.15. The normalized spacial score (nSPS) is 20.2. The summed E-state index contributed by atoms with van der Waals surface area (Å²) in [5.74, 6) is 0. The van der Waals surface area contributed by atoms with E-state index in [1.807, 2.05) is 3.28 Å². The second kappa shape index (κ2) is 8.83. The molecule has 6 rings (SSSR count). The molecule has 0 nitrogen and oxygen atoms in total. The van der Waals surface area contributed by atoms with Gasteiger partial charge in [0.2, 0.25) is 0 Å². The maximum Gasteiger partial charge on any atom is -1.00 e. The van der Waals surface area contributed by atoms with Crippen molar-refractivity contribution in [3.05, 3.63) is 86.7 Å². The standard InChI is InChI=1S/C16H13.C5H5.C4H8Si2.2ClH.Zr/c1-12-10-14-8-5-9-15(16(14)11-12)13-6-3-2-4-7-13;1-2-4-5-3-1;1-2-6-4-3-5-1;;;/h2-11H,1H3;1-3H,4H2;1-4H2;2*1H;/q;;;;;+2/p-2. The minimum absolute atomic E-state index is 0. The number of allylic oxidation sites excluding steroid dienone is 5. The average molecular weight is 545 g/mol. The molecule has 1 atom stereocenters. The molecule has 0 spiro atoms. The molecule has 0 saturated heterocycles. The van der Waals surface area contributed by atoms with E-state index in [0.29, 0.717) is 0 Å². The van der Waals surface area contributed by atoms with E-state index in [1.165, 1.54) is 17.5 Å². The smallest absolute Gasteiger partial charge is 1.00 e. The third-order valence-electron chi connectivity index (χ3n) is 7.65. The van der Waals surface area contributed by atoms with Crippen molar-refractivity contribution in [3.63, 3.8) is 0 Å². The molecule has 2 bridgehead atoms. The summed E-state index contributed by atoms with van der Waals surface area (Å²) in [5.41, 5.74) is 7.70. The first-order valence-corrected chi connectivity index (χ1v) is 24.6. The molecule has 2 heterocycles. The zero-order valence-electron chi connectivity index (χ0n) is 17.3. The van der Waals surface area contributed by atoms with Crippen LogP contribution in [0.3, 0.4) is 0 Å². The Labute approximate surface area is 196 Å². The van der Waals surface area contributed by atoms with E-state index in [2.05, 4.69) is 79.8 Å². The first kappa shape index (κ1) is 22.7. The maximum atomic E-state index is 2.62. The summed E-state index contributed by atoms with van der Waals surface area (Å²) in [6.07, 6.45) is 11.4. The van der Waals surface area contributed by atoms with Crippen LogP contribution in [-0.2, 0) is 17.5 Å². The summed E-state index contributed by atoms with van der Waals surface area (Å²) in [7, 11) is 0. The Morgan fingerprint density at radius 3 is 2.20 bits per heavy atom. The Bertz CT molecular complexity index is 1190. The molecule has 0 N–H and O–H groups in total. The summed E-state index contributed by atoms with van der Waals surface area (Å²) in [5, 5.41) is 0. The number of halogens is 2. The maximum absolute atomic E-state index is 2.62. The predicted octanol–water partition coefficient (Wildman–Crippen LogP) is 0.828. The van der Waals surface area contributed by atoms with Gasteiger partial charge in [-0.25, -0.2) is 0 Å².